The molecule has 1 aliphatic heterocycles. The van der Waals surface area contributed by atoms with E-state index in [0.717, 1.165) is 30.2 Å². The number of nitrogens with zero attached hydrogens (tertiary/aromatic N) is 1. The van der Waals surface area contributed by atoms with Crippen molar-refractivity contribution in [2.24, 2.45) is 5.73 Å². The molecule has 0 radical (unpaired) electrons. The van der Waals surface area contributed by atoms with Crippen molar-refractivity contribution in [3.05, 3.63) is 28.8 Å². The van der Waals surface area contributed by atoms with Gasteiger partial charge in [-0.3, -0.25) is 0 Å². The maximum atomic E-state index is 6.36. The van der Waals surface area contributed by atoms with Gasteiger partial charge in [0.25, 0.3) is 0 Å². The summed E-state index contributed by atoms with van der Waals surface area (Å²) in [4.78, 5) is 2.36. The largest absolute Gasteiger partial charge is 0.375 e. The number of halogens is 1. The van der Waals surface area contributed by atoms with Crippen molar-refractivity contribution in [3.8, 4) is 0 Å². The van der Waals surface area contributed by atoms with Crippen LogP contribution in [0, 0.1) is 0 Å². The fourth-order valence-corrected chi connectivity index (χ4v) is 2.74. The SMILES string of the molecule is CC(N)Cc1ccc(N2CC(C)OCC2C)cc1Cl. The third-order valence-corrected chi connectivity index (χ3v) is 3.87. The topological polar surface area (TPSA) is 38.5 Å². The van der Waals surface area contributed by atoms with E-state index in [1.165, 1.54) is 5.69 Å². The molecule has 0 aliphatic carbocycles. The van der Waals surface area contributed by atoms with Gasteiger partial charge in [0.15, 0.2) is 0 Å². The first-order valence-electron chi connectivity index (χ1n) is 6.89. The summed E-state index contributed by atoms with van der Waals surface area (Å²) in [5.41, 5.74) is 8.12. The lowest BCUT2D eigenvalue weighted by atomic mass is 10.1. The monoisotopic (exact) mass is 282 g/mol. The van der Waals surface area contributed by atoms with Gasteiger partial charge < -0.3 is 15.4 Å². The molecule has 1 aromatic carbocycles. The Kier molecular flexibility index (Phi) is 4.71. The first-order valence-corrected chi connectivity index (χ1v) is 7.27. The van der Waals surface area contributed by atoms with E-state index in [0.29, 0.717) is 6.04 Å². The molecule has 0 bridgehead atoms. The van der Waals surface area contributed by atoms with E-state index >= 15 is 0 Å². The highest BCUT2D eigenvalue weighted by molar-refractivity contribution is 6.31. The normalized spacial score (nSPS) is 25.4. The van der Waals surface area contributed by atoms with Crippen molar-refractivity contribution in [1.29, 1.82) is 0 Å². The van der Waals surface area contributed by atoms with Crippen LogP contribution >= 0.6 is 11.6 Å². The van der Waals surface area contributed by atoms with Crippen LogP contribution in [-0.4, -0.2) is 31.3 Å². The molecule has 3 unspecified atom stereocenters. The van der Waals surface area contributed by atoms with Crippen LogP contribution in [-0.2, 0) is 11.2 Å². The van der Waals surface area contributed by atoms with Gasteiger partial charge in [0.1, 0.15) is 0 Å². The number of hydrogen-bond donors (Lipinski definition) is 1. The summed E-state index contributed by atoms with van der Waals surface area (Å²) in [6.45, 7) is 7.95. The number of ether oxygens (including phenoxy) is 1. The van der Waals surface area contributed by atoms with Crippen LogP contribution in [0.3, 0.4) is 0 Å². The van der Waals surface area contributed by atoms with Crippen molar-refractivity contribution in [3.63, 3.8) is 0 Å². The van der Waals surface area contributed by atoms with Crippen LogP contribution in [0.25, 0.3) is 0 Å². The van der Waals surface area contributed by atoms with Gasteiger partial charge in [0.05, 0.1) is 12.7 Å². The molecular formula is C15H23ClN2O. The average Bonchev–Trinajstić information content (AvgIpc) is 2.34. The molecule has 0 aromatic heterocycles. The van der Waals surface area contributed by atoms with E-state index in [-0.39, 0.29) is 12.1 Å². The molecule has 1 heterocycles. The van der Waals surface area contributed by atoms with Crippen LogP contribution < -0.4 is 10.6 Å². The third kappa shape index (κ3) is 3.62. The molecule has 3 nitrogen and oxygen atoms in total. The standard InChI is InChI=1S/C15H23ClN2O/c1-10(17)6-13-4-5-14(7-15(13)16)18-8-12(3)19-9-11(18)2/h4-5,7,10-12H,6,8-9,17H2,1-3H3. The molecule has 0 amide bonds. The van der Waals surface area contributed by atoms with E-state index in [4.69, 9.17) is 22.1 Å². The van der Waals surface area contributed by atoms with Crippen molar-refractivity contribution in [1.82, 2.24) is 0 Å². The predicted molar refractivity (Wildman–Crippen MR) is 81.0 cm³/mol. The van der Waals surface area contributed by atoms with Crippen molar-refractivity contribution >= 4 is 17.3 Å². The minimum absolute atomic E-state index is 0.130. The van der Waals surface area contributed by atoms with E-state index < -0.39 is 0 Å². The Hall–Kier alpha value is -0.770. The minimum atomic E-state index is 0.130. The molecule has 2 N–H and O–H groups in total. The molecule has 1 aromatic rings. The Morgan fingerprint density at radius 3 is 2.84 bits per heavy atom. The van der Waals surface area contributed by atoms with Gasteiger partial charge >= 0.3 is 0 Å². The minimum Gasteiger partial charge on any atom is -0.375 e. The highest BCUT2D eigenvalue weighted by Crippen LogP contribution is 2.27. The number of hydrogen-bond acceptors (Lipinski definition) is 3. The maximum Gasteiger partial charge on any atom is 0.0723 e. The molecule has 106 valence electrons. The van der Waals surface area contributed by atoms with Crippen molar-refractivity contribution < 1.29 is 4.74 Å². The predicted octanol–water partition coefficient (Wildman–Crippen LogP) is 2.84. The van der Waals surface area contributed by atoms with E-state index in [1.54, 1.807) is 0 Å². The van der Waals surface area contributed by atoms with Gasteiger partial charge in [-0.15, -0.1) is 0 Å². The lowest BCUT2D eigenvalue weighted by molar-refractivity contribution is 0.0344. The van der Waals surface area contributed by atoms with Gasteiger partial charge in [-0.2, -0.15) is 0 Å². The summed E-state index contributed by atoms with van der Waals surface area (Å²) in [6.07, 6.45) is 1.08. The Labute approximate surface area is 120 Å². The molecule has 19 heavy (non-hydrogen) atoms. The van der Waals surface area contributed by atoms with Crippen LogP contribution in [0.5, 0.6) is 0 Å². The van der Waals surface area contributed by atoms with Gasteiger partial charge in [0.2, 0.25) is 0 Å². The molecule has 1 aliphatic rings. The summed E-state index contributed by atoms with van der Waals surface area (Å²) in [5.74, 6) is 0. The maximum absolute atomic E-state index is 6.36. The molecule has 1 fully saturated rings. The van der Waals surface area contributed by atoms with E-state index in [1.807, 2.05) is 13.0 Å². The number of benzene rings is 1. The Morgan fingerprint density at radius 2 is 2.21 bits per heavy atom. The fourth-order valence-electron chi connectivity index (χ4n) is 2.49. The Bertz CT molecular complexity index is 436. The summed E-state index contributed by atoms with van der Waals surface area (Å²) in [5, 5.41) is 0.807. The molecule has 0 saturated carbocycles. The second-order valence-electron chi connectivity index (χ2n) is 5.60. The van der Waals surface area contributed by atoms with Crippen LogP contribution in [0.2, 0.25) is 5.02 Å². The van der Waals surface area contributed by atoms with E-state index in [9.17, 15) is 0 Å². The quantitative estimate of drug-likeness (QED) is 0.926. The summed E-state index contributed by atoms with van der Waals surface area (Å²) < 4.78 is 5.66. The Morgan fingerprint density at radius 1 is 1.47 bits per heavy atom. The Balaban J connectivity index is 2.18. The second kappa shape index (κ2) is 6.12. The molecular weight excluding hydrogens is 260 g/mol. The molecule has 2 rings (SSSR count). The average molecular weight is 283 g/mol. The van der Waals surface area contributed by atoms with Crippen molar-refractivity contribution in [2.45, 2.75) is 45.4 Å². The zero-order valence-corrected chi connectivity index (χ0v) is 12.7. The number of nitrogens with two attached hydrogens (primary N) is 1. The molecule has 1 saturated heterocycles. The molecule has 4 heteroatoms. The molecule has 3 atom stereocenters. The van der Waals surface area contributed by atoms with Crippen LogP contribution in [0.1, 0.15) is 26.3 Å². The molecule has 0 spiro atoms. The highest BCUT2D eigenvalue weighted by atomic mass is 35.5. The number of anilines is 1. The van der Waals surface area contributed by atoms with Gasteiger partial charge in [-0.05, 0) is 44.9 Å². The first-order chi connectivity index (χ1) is 8.97. The number of rotatable bonds is 3. The van der Waals surface area contributed by atoms with Gasteiger partial charge in [-0.25, -0.2) is 0 Å². The summed E-state index contributed by atoms with van der Waals surface area (Å²) in [6, 6.07) is 6.79. The first kappa shape index (κ1) is 14.6. The third-order valence-electron chi connectivity index (χ3n) is 3.52. The summed E-state index contributed by atoms with van der Waals surface area (Å²) >= 11 is 6.36. The summed E-state index contributed by atoms with van der Waals surface area (Å²) in [7, 11) is 0. The lowest BCUT2D eigenvalue weighted by Gasteiger charge is -2.38. The van der Waals surface area contributed by atoms with Crippen LogP contribution in [0.15, 0.2) is 18.2 Å². The van der Waals surface area contributed by atoms with E-state index in [2.05, 4.69) is 30.9 Å². The zero-order valence-electron chi connectivity index (χ0n) is 11.9. The highest BCUT2D eigenvalue weighted by Gasteiger charge is 2.24. The van der Waals surface area contributed by atoms with Gasteiger partial charge in [-0.1, -0.05) is 17.7 Å². The van der Waals surface area contributed by atoms with Crippen molar-refractivity contribution in [2.75, 3.05) is 18.1 Å². The fraction of sp³-hybridized carbons (Fsp3) is 0.600. The van der Waals surface area contributed by atoms with Gasteiger partial charge in [0, 0.05) is 29.3 Å². The lowest BCUT2D eigenvalue weighted by Crippen LogP contribution is -2.47. The second-order valence-corrected chi connectivity index (χ2v) is 6.01. The smallest absolute Gasteiger partial charge is 0.0723 e. The van der Waals surface area contributed by atoms with Crippen LogP contribution in [0.4, 0.5) is 5.69 Å². The zero-order chi connectivity index (χ0) is 14.0. The number of morpholine rings is 1.